The number of carbonyl (C=O) groups excluding carboxylic acids is 2. The first-order valence-corrected chi connectivity index (χ1v) is 4.00. The standard InChI is InChI=1S/C8H13NO3/c1-6-5-7(10)9(8(6)11)3-4-12-2/h6H,3-5H2,1-2H3/t6-/m0/s1. The fourth-order valence-corrected chi connectivity index (χ4v) is 1.27. The number of amides is 2. The van der Waals surface area contributed by atoms with E-state index in [1.165, 1.54) is 4.90 Å². The van der Waals surface area contributed by atoms with E-state index in [1.807, 2.05) is 0 Å². The molecule has 0 aromatic heterocycles. The number of likely N-dealkylation sites (tertiary alicyclic amines) is 1. The molecule has 0 aliphatic carbocycles. The molecule has 1 atom stereocenters. The molecule has 1 aliphatic heterocycles. The molecular formula is C8H13NO3. The highest BCUT2D eigenvalue weighted by molar-refractivity contribution is 6.03. The van der Waals surface area contributed by atoms with Gasteiger partial charge >= 0.3 is 0 Å². The van der Waals surface area contributed by atoms with Crippen molar-refractivity contribution >= 4 is 11.8 Å². The predicted octanol–water partition coefficient (Wildman–Crippen LogP) is 0.0278. The Morgan fingerprint density at radius 3 is 2.67 bits per heavy atom. The minimum atomic E-state index is -0.144. The summed E-state index contributed by atoms with van der Waals surface area (Å²) in [6, 6.07) is 0. The van der Waals surface area contributed by atoms with Gasteiger partial charge in [-0.2, -0.15) is 0 Å². The van der Waals surface area contributed by atoms with Crippen LogP contribution in [0, 0.1) is 5.92 Å². The van der Waals surface area contributed by atoms with Crippen LogP contribution in [0.2, 0.25) is 0 Å². The zero-order valence-electron chi connectivity index (χ0n) is 7.37. The van der Waals surface area contributed by atoms with Crippen LogP contribution in [0.25, 0.3) is 0 Å². The lowest BCUT2D eigenvalue weighted by Crippen LogP contribution is -2.33. The molecule has 1 rings (SSSR count). The lowest BCUT2D eigenvalue weighted by Gasteiger charge is -2.12. The van der Waals surface area contributed by atoms with Crippen LogP contribution in [0.1, 0.15) is 13.3 Å². The number of methoxy groups -OCH3 is 1. The number of imide groups is 1. The molecule has 68 valence electrons. The maximum absolute atomic E-state index is 11.3. The molecule has 2 amide bonds. The lowest BCUT2D eigenvalue weighted by atomic mass is 10.1. The van der Waals surface area contributed by atoms with Crippen molar-refractivity contribution in [2.75, 3.05) is 20.3 Å². The summed E-state index contributed by atoms with van der Waals surface area (Å²) in [5, 5.41) is 0. The van der Waals surface area contributed by atoms with Crippen molar-refractivity contribution in [2.24, 2.45) is 5.92 Å². The fraction of sp³-hybridized carbons (Fsp3) is 0.750. The first kappa shape index (κ1) is 9.19. The van der Waals surface area contributed by atoms with Gasteiger partial charge in [0.05, 0.1) is 13.2 Å². The molecule has 12 heavy (non-hydrogen) atoms. The molecule has 0 spiro atoms. The molecule has 0 aromatic carbocycles. The monoisotopic (exact) mass is 171 g/mol. The highest BCUT2D eigenvalue weighted by atomic mass is 16.5. The van der Waals surface area contributed by atoms with E-state index in [1.54, 1.807) is 14.0 Å². The molecule has 4 nitrogen and oxygen atoms in total. The van der Waals surface area contributed by atoms with Crippen LogP contribution >= 0.6 is 0 Å². The molecule has 0 saturated carbocycles. The van der Waals surface area contributed by atoms with Crippen molar-refractivity contribution < 1.29 is 14.3 Å². The number of carbonyl (C=O) groups is 2. The Hall–Kier alpha value is -0.900. The van der Waals surface area contributed by atoms with Gasteiger partial charge in [-0.05, 0) is 0 Å². The second-order valence-corrected chi connectivity index (χ2v) is 2.98. The first-order valence-electron chi connectivity index (χ1n) is 4.00. The molecule has 0 bridgehead atoms. The van der Waals surface area contributed by atoms with Gasteiger partial charge in [0.25, 0.3) is 0 Å². The Kier molecular flexibility index (Phi) is 2.81. The van der Waals surface area contributed by atoms with Gasteiger partial charge in [-0.3, -0.25) is 14.5 Å². The normalized spacial score (nSPS) is 23.8. The highest BCUT2D eigenvalue weighted by Gasteiger charge is 2.34. The average Bonchev–Trinajstić information content (AvgIpc) is 2.25. The van der Waals surface area contributed by atoms with Crippen LogP contribution in [0.4, 0.5) is 0 Å². The largest absolute Gasteiger partial charge is 0.383 e. The zero-order chi connectivity index (χ0) is 9.14. The third-order valence-electron chi connectivity index (χ3n) is 1.99. The quantitative estimate of drug-likeness (QED) is 0.563. The minimum absolute atomic E-state index is 0.0722. The van der Waals surface area contributed by atoms with Crippen LogP contribution in [0.15, 0.2) is 0 Å². The van der Waals surface area contributed by atoms with Gasteiger partial charge in [0.1, 0.15) is 0 Å². The molecular weight excluding hydrogens is 158 g/mol. The lowest BCUT2D eigenvalue weighted by molar-refractivity contribution is -0.139. The van der Waals surface area contributed by atoms with Gasteiger partial charge < -0.3 is 4.74 Å². The average molecular weight is 171 g/mol. The number of hydrogen-bond donors (Lipinski definition) is 0. The molecule has 1 heterocycles. The second kappa shape index (κ2) is 3.67. The summed E-state index contributed by atoms with van der Waals surface area (Å²) in [5.74, 6) is -0.295. The van der Waals surface area contributed by atoms with E-state index in [0.29, 0.717) is 19.6 Å². The Morgan fingerprint density at radius 2 is 2.25 bits per heavy atom. The summed E-state index contributed by atoms with van der Waals surface area (Å²) < 4.78 is 4.79. The molecule has 0 N–H and O–H groups in total. The summed E-state index contributed by atoms with van der Waals surface area (Å²) in [7, 11) is 1.55. The van der Waals surface area contributed by atoms with Crippen LogP contribution in [-0.2, 0) is 14.3 Å². The topological polar surface area (TPSA) is 46.6 Å². The number of rotatable bonds is 3. The zero-order valence-corrected chi connectivity index (χ0v) is 7.37. The number of nitrogens with zero attached hydrogens (tertiary/aromatic N) is 1. The number of ether oxygens (including phenoxy) is 1. The van der Waals surface area contributed by atoms with Crippen molar-refractivity contribution in [2.45, 2.75) is 13.3 Å². The van der Waals surface area contributed by atoms with Gasteiger partial charge in [-0.1, -0.05) is 6.92 Å². The van der Waals surface area contributed by atoms with E-state index in [-0.39, 0.29) is 17.7 Å². The molecule has 0 unspecified atom stereocenters. The van der Waals surface area contributed by atoms with Gasteiger partial charge in [-0.25, -0.2) is 0 Å². The summed E-state index contributed by atoms with van der Waals surface area (Å²) in [6.07, 6.45) is 0.350. The van der Waals surface area contributed by atoms with Crippen molar-refractivity contribution in [3.8, 4) is 0 Å². The van der Waals surface area contributed by atoms with Crippen LogP contribution in [-0.4, -0.2) is 37.0 Å². The third-order valence-corrected chi connectivity index (χ3v) is 1.99. The van der Waals surface area contributed by atoms with Gasteiger partial charge in [0, 0.05) is 19.4 Å². The highest BCUT2D eigenvalue weighted by Crippen LogP contribution is 2.17. The SMILES string of the molecule is COCCN1C(=O)C[C@H](C)C1=O. The first-order chi connectivity index (χ1) is 5.66. The molecule has 0 radical (unpaired) electrons. The number of hydrogen-bond acceptors (Lipinski definition) is 3. The maximum Gasteiger partial charge on any atom is 0.232 e. The van der Waals surface area contributed by atoms with E-state index in [2.05, 4.69) is 0 Å². The molecule has 0 aromatic rings. The second-order valence-electron chi connectivity index (χ2n) is 2.98. The Bertz CT molecular complexity index is 202. The minimum Gasteiger partial charge on any atom is -0.383 e. The molecule has 1 aliphatic rings. The van der Waals surface area contributed by atoms with Crippen molar-refractivity contribution in [3.05, 3.63) is 0 Å². The smallest absolute Gasteiger partial charge is 0.232 e. The summed E-state index contributed by atoms with van der Waals surface area (Å²) >= 11 is 0. The van der Waals surface area contributed by atoms with Crippen molar-refractivity contribution in [3.63, 3.8) is 0 Å². The summed E-state index contributed by atoms with van der Waals surface area (Å²) in [5.41, 5.74) is 0. The summed E-state index contributed by atoms with van der Waals surface area (Å²) in [4.78, 5) is 23.7. The predicted molar refractivity (Wildman–Crippen MR) is 42.4 cm³/mol. The van der Waals surface area contributed by atoms with Gasteiger partial charge in [-0.15, -0.1) is 0 Å². The van der Waals surface area contributed by atoms with E-state index in [9.17, 15) is 9.59 Å². The van der Waals surface area contributed by atoms with E-state index >= 15 is 0 Å². The fourth-order valence-electron chi connectivity index (χ4n) is 1.27. The third kappa shape index (κ3) is 1.64. The van der Waals surface area contributed by atoms with Gasteiger partial charge in [0.2, 0.25) is 11.8 Å². The van der Waals surface area contributed by atoms with E-state index in [0.717, 1.165) is 0 Å². The Morgan fingerprint density at radius 1 is 1.58 bits per heavy atom. The van der Waals surface area contributed by atoms with Crippen molar-refractivity contribution in [1.29, 1.82) is 0 Å². The van der Waals surface area contributed by atoms with E-state index in [4.69, 9.17) is 4.74 Å². The van der Waals surface area contributed by atoms with Crippen LogP contribution < -0.4 is 0 Å². The van der Waals surface area contributed by atoms with Gasteiger partial charge in [0.15, 0.2) is 0 Å². The maximum atomic E-state index is 11.3. The Labute approximate surface area is 71.5 Å². The van der Waals surface area contributed by atoms with E-state index < -0.39 is 0 Å². The van der Waals surface area contributed by atoms with Crippen LogP contribution in [0.5, 0.6) is 0 Å². The summed E-state index contributed by atoms with van der Waals surface area (Å²) in [6.45, 7) is 2.58. The van der Waals surface area contributed by atoms with Crippen LogP contribution in [0.3, 0.4) is 0 Å². The molecule has 1 fully saturated rings. The Balaban J connectivity index is 2.52. The molecule has 1 saturated heterocycles. The van der Waals surface area contributed by atoms with Crippen molar-refractivity contribution in [1.82, 2.24) is 4.90 Å². The molecule has 4 heteroatoms.